The van der Waals surface area contributed by atoms with E-state index < -0.39 is 0 Å². The number of hydrogen-bond donors (Lipinski definition) is 0. The Balaban J connectivity index is 1.02. The number of fused-ring (bicyclic) bond motifs is 11. The largest absolute Gasteiger partial charge is 0.309 e. The highest BCUT2D eigenvalue weighted by atomic mass is 32.1. The van der Waals surface area contributed by atoms with Gasteiger partial charge in [0.2, 0.25) is 0 Å². The molecule has 0 saturated heterocycles. The minimum Gasteiger partial charge on any atom is -0.309 e. The van der Waals surface area contributed by atoms with Crippen molar-refractivity contribution in [2.24, 2.45) is 0 Å². The van der Waals surface area contributed by atoms with E-state index in [9.17, 15) is 0 Å². The van der Waals surface area contributed by atoms with E-state index in [2.05, 4.69) is 191 Å². The van der Waals surface area contributed by atoms with Crippen LogP contribution in [0.1, 0.15) is 0 Å². The lowest BCUT2D eigenvalue weighted by Crippen LogP contribution is -1.94. The lowest BCUT2D eigenvalue weighted by atomic mass is 10.0. The molecule has 0 bridgehead atoms. The van der Waals surface area contributed by atoms with E-state index in [1.54, 1.807) is 0 Å². The van der Waals surface area contributed by atoms with E-state index in [1.807, 2.05) is 11.3 Å². The summed E-state index contributed by atoms with van der Waals surface area (Å²) in [5, 5.41) is 12.8. The number of nitrogens with zero attached hydrogens (tertiary/aromatic N) is 2. The highest BCUT2D eigenvalue weighted by Crippen LogP contribution is 2.40. The molecule has 0 spiro atoms. The Kier molecular flexibility index (Phi) is 5.96. The zero-order valence-corrected chi connectivity index (χ0v) is 29.4. The molecule has 3 heterocycles. The van der Waals surface area contributed by atoms with Crippen LogP contribution in [0.3, 0.4) is 0 Å². The van der Waals surface area contributed by atoms with Gasteiger partial charge in [0, 0.05) is 53.1 Å². The summed E-state index contributed by atoms with van der Waals surface area (Å²) < 4.78 is 7.50. The molecule has 0 unspecified atom stereocenters. The molecule has 0 saturated carbocycles. The number of hydrogen-bond acceptors (Lipinski definition) is 1. The van der Waals surface area contributed by atoms with Gasteiger partial charge in [-0.1, -0.05) is 91.0 Å². The van der Waals surface area contributed by atoms with Crippen molar-refractivity contribution in [1.29, 1.82) is 0 Å². The van der Waals surface area contributed by atoms with Crippen LogP contribution in [0.25, 0.3) is 108 Å². The molecule has 0 aliphatic rings. The zero-order valence-electron chi connectivity index (χ0n) is 28.6. The molecule has 246 valence electrons. The SMILES string of the molecule is c1ccc(-n2c3ccccc3c3cc(-c4ccc5c(c4)c4ccccc4n5-c4ccc5cc6cc7sc8ccccc8c7cc6cc5c4)ccc32)cc1. The van der Waals surface area contributed by atoms with Gasteiger partial charge in [0.15, 0.2) is 0 Å². The van der Waals surface area contributed by atoms with Gasteiger partial charge in [0.05, 0.1) is 22.1 Å². The smallest absolute Gasteiger partial charge is 0.0541 e. The fraction of sp³-hybridized carbons (Fsp3) is 0. The molecule has 0 aliphatic carbocycles. The number of benzene rings is 9. The number of thiophene rings is 1. The van der Waals surface area contributed by atoms with E-state index in [0.29, 0.717) is 0 Å². The van der Waals surface area contributed by atoms with E-state index in [-0.39, 0.29) is 0 Å². The summed E-state index contributed by atoms with van der Waals surface area (Å²) in [6, 6.07) is 67.3. The van der Waals surface area contributed by atoms with Crippen LogP contribution in [0.15, 0.2) is 182 Å². The van der Waals surface area contributed by atoms with E-state index in [4.69, 9.17) is 0 Å². The molecule has 0 N–H and O–H groups in total. The maximum Gasteiger partial charge on any atom is 0.0541 e. The van der Waals surface area contributed by atoms with Gasteiger partial charge in [-0.2, -0.15) is 0 Å². The van der Waals surface area contributed by atoms with Crippen LogP contribution >= 0.6 is 11.3 Å². The Labute approximate surface area is 309 Å². The van der Waals surface area contributed by atoms with Crippen molar-refractivity contribution in [3.05, 3.63) is 182 Å². The molecular formula is C50H30N2S. The van der Waals surface area contributed by atoms with Crippen LogP contribution in [0, 0.1) is 0 Å². The first-order valence-electron chi connectivity index (χ1n) is 18.2. The zero-order chi connectivity index (χ0) is 34.6. The molecule has 0 radical (unpaired) electrons. The van der Waals surface area contributed by atoms with Gasteiger partial charge in [0.1, 0.15) is 0 Å². The van der Waals surface area contributed by atoms with Crippen molar-refractivity contribution in [2.45, 2.75) is 0 Å². The summed E-state index contributed by atoms with van der Waals surface area (Å²) in [5.41, 5.74) is 9.66. The summed E-state index contributed by atoms with van der Waals surface area (Å²) in [7, 11) is 0. The van der Waals surface area contributed by atoms with Crippen molar-refractivity contribution in [3.63, 3.8) is 0 Å². The highest BCUT2D eigenvalue weighted by molar-refractivity contribution is 7.25. The first-order chi connectivity index (χ1) is 26.2. The Morgan fingerprint density at radius 1 is 0.283 bits per heavy atom. The van der Waals surface area contributed by atoms with Crippen molar-refractivity contribution in [2.75, 3.05) is 0 Å². The first-order valence-corrected chi connectivity index (χ1v) is 19.0. The maximum absolute atomic E-state index is 2.43. The molecule has 12 rings (SSSR count). The molecule has 0 amide bonds. The van der Waals surface area contributed by atoms with Crippen LogP contribution in [-0.4, -0.2) is 9.13 Å². The topological polar surface area (TPSA) is 9.86 Å². The molecule has 3 aromatic heterocycles. The molecule has 12 aromatic rings. The quantitative estimate of drug-likeness (QED) is 0.163. The molecule has 0 atom stereocenters. The van der Waals surface area contributed by atoms with Gasteiger partial charge >= 0.3 is 0 Å². The van der Waals surface area contributed by atoms with Gasteiger partial charge < -0.3 is 9.13 Å². The van der Waals surface area contributed by atoms with Crippen molar-refractivity contribution < 1.29 is 0 Å². The predicted octanol–water partition coefficient (Wildman–Crippen LogP) is 14.2. The Morgan fingerprint density at radius 2 is 0.830 bits per heavy atom. The maximum atomic E-state index is 2.43. The van der Waals surface area contributed by atoms with Gasteiger partial charge in [-0.3, -0.25) is 0 Å². The third-order valence-corrected chi connectivity index (χ3v) is 12.4. The molecule has 0 fully saturated rings. The number of rotatable bonds is 3. The van der Waals surface area contributed by atoms with Crippen LogP contribution in [0.2, 0.25) is 0 Å². The second-order valence-electron chi connectivity index (χ2n) is 14.2. The first kappa shape index (κ1) is 29.0. The second-order valence-corrected chi connectivity index (χ2v) is 15.3. The van der Waals surface area contributed by atoms with Crippen LogP contribution in [-0.2, 0) is 0 Å². The fourth-order valence-electron chi connectivity index (χ4n) is 8.78. The average molecular weight is 691 g/mol. The summed E-state index contributed by atoms with van der Waals surface area (Å²) in [5.74, 6) is 0. The van der Waals surface area contributed by atoms with Crippen molar-refractivity contribution in [3.8, 4) is 22.5 Å². The molecule has 3 heteroatoms. The minimum absolute atomic E-state index is 1.17. The highest BCUT2D eigenvalue weighted by Gasteiger charge is 2.16. The predicted molar refractivity (Wildman–Crippen MR) is 228 cm³/mol. The van der Waals surface area contributed by atoms with E-state index in [0.717, 1.165) is 0 Å². The fourth-order valence-corrected chi connectivity index (χ4v) is 9.92. The Bertz CT molecular complexity index is 3450. The minimum atomic E-state index is 1.17. The lowest BCUT2D eigenvalue weighted by molar-refractivity contribution is 1.18. The molecule has 9 aromatic carbocycles. The third-order valence-electron chi connectivity index (χ3n) is 11.2. The molecule has 2 nitrogen and oxygen atoms in total. The molecular weight excluding hydrogens is 661 g/mol. The van der Waals surface area contributed by atoms with E-state index in [1.165, 1.54) is 108 Å². The van der Waals surface area contributed by atoms with Gasteiger partial charge in [-0.15, -0.1) is 11.3 Å². The summed E-state index contributed by atoms with van der Waals surface area (Å²) in [4.78, 5) is 0. The van der Waals surface area contributed by atoms with Crippen molar-refractivity contribution in [1.82, 2.24) is 9.13 Å². The second kappa shape index (κ2) is 10.9. The van der Waals surface area contributed by atoms with E-state index >= 15 is 0 Å². The summed E-state index contributed by atoms with van der Waals surface area (Å²) in [6.07, 6.45) is 0. The molecule has 0 aliphatic heterocycles. The van der Waals surface area contributed by atoms with Gasteiger partial charge in [0.25, 0.3) is 0 Å². The normalized spacial score (nSPS) is 12.2. The standard InChI is InChI=1S/C50H30N2S/c1-2-10-37(11-3-1)51-45-15-7-4-12-39(45)42-27-32(19-22-47(42)51)33-20-23-48-43(28-33)40-13-5-8-16-46(40)52(48)38-21-18-31-24-36-30-50-44(29-35(36)25-34(31)26-38)41-14-6-9-17-49(41)53-50/h1-30H. The molecule has 53 heavy (non-hydrogen) atoms. The number of para-hydroxylation sites is 3. The summed E-state index contributed by atoms with van der Waals surface area (Å²) in [6.45, 7) is 0. The van der Waals surface area contributed by atoms with Crippen LogP contribution in [0.5, 0.6) is 0 Å². The van der Waals surface area contributed by atoms with Gasteiger partial charge in [-0.25, -0.2) is 0 Å². The summed E-state index contributed by atoms with van der Waals surface area (Å²) >= 11 is 1.88. The van der Waals surface area contributed by atoms with Gasteiger partial charge in [-0.05, 0) is 124 Å². The third kappa shape index (κ3) is 4.26. The average Bonchev–Trinajstić information content (AvgIpc) is 3.86. The Hall–Kier alpha value is -6.68. The number of aromatic nitrogens is 2. The Morgan fingerprint density at radius 3 is 1.55 bits per heavy atom. The van der Waals surface area contributed by atoms with Crippen LogP contribution in [0.4, 0.5) is 0 Å². The van der Waals surface area contributed by atoms with Crippen LogP contribution < -0.4 is 0 Å². The van der Waals surface area contributed by atoms with Crippen molar-refractivity contribution >= 4 is 96.7 Å². The monoisotopic (exact) mass is 690 g/mol. The lowest BCUT2D eigenvalue weighted by Gasteiger charge is -2.11.